The number of carbonyl (C=O) groups is 3. The van der Waals surface area contributed by atoms with Gasteiger partial charge in [-0.1, -0.05) is 53.1 Å². The predicted octanol–water partition coefficient (Wildman–Crippen LogP) is 5.59. The van der Waals surface area contributed by atoms with Crippen LogP contribution in [0.1, 0.15) is 36.7 Å². The van der Waals surface area contributed by atoms with Crippen molar-refractivity contribution in [3.8, 4) is 5.75 Å². The molecule has 2 heterocycles. The van der Waals surface area contributed by atoms with E-state index >= 15 is 0 Å². The van der Waals surface area contributed by atoms with E-state index in [0.29, 0.717) is 32.7 Å². The number of amides is 2. The molecule has 5 rings (SSSR count). The number of rotatable bonds is 7. The zero-order valence-corrected chi connectivity index (χ0v) is 24.6. The van der Waals surface area contributed by atoms with Gasteiger partial charge in [-0.25, -0.2) is 4.79 Å². The number of methoxy groups -OCH3 is 1. The van der Waals surface area contributed by atoms with Gasteiger partial charge in [0.05, 0.1) is 31.0 Å². The van der Waals surface area contributed by atoms with Gasteiger partial charge in [-0.15, -0.1) is 0 Å². The molecular weight excluding hydrogens is 565 g/mol. The second kappa shape index (κ2) is 11.4. The summed E-state index contributed by atoms with van der Waals surface area (Å²) in [5.41, 5.74) is 1.86. The average molecular weight is 597 g/mol. The highest BCUT2D eigenvalue weighted by Crippen LogP contribution is 2.56. The Morgan fingerprint density at radius 3 is 2.59 bits per heavy atom. The van der Waals surface area contributed by atoms with E-state index in [1.807, 2.05) is 38.1 Å². The molecule has 10 heteroatoms. The maximum absolute atomic E-state index is 14.1. The average Bonchev–Trinajstić information content (AvgIpc) is 3.58. The predicted molar refractivity (Wildman–Crippen MR) is 160 cm³/mol. The van der Waals surface area contributed by atoms with Crippen LogP contribution in [0.2, 0.25) is 5.02 Å². The highest BCUT2D eigenvalue weighted by atomic mass is 35.5. The molecular formula is C31H31Cl2N3O5. The summed E-state index contributed by atoms with van der Waals surface area (Å²) in [5, 5.41) is 10.5. The van der Waals surface area contributed by atoms with E-state index in [4.69, 9.17) is 32.7 Å². The van der Waals surface area contributed by atoms with Crippen LogP contribution in [-0.4, -0.2) is 43.6 Å². The van der Waals surface area contributed by atoms with Crippen molar-refractivity contribution in [2.75, 3.05) is 24.4 Å². The molecule has 2 amide bonds. The van der Waals surface area contributed by atoms with Crippen molar-refractivity contribution in [3.63, 3.8) is 0 Å². The van der Waals surface area contributed by atoms with Crippen LogP contribution < -0.4 is 20.7 Å². The van der Waals surface area contributed by atoms with Crippen molar-refractivity contribution in [1.82, 2.24) is 5.32 Å². The minimum Gasteiger partial charge on any atom is -0.495 e. The molecule has 214 valence electrons. The summed E-state index contributed by atoms with van der Waals surface area (Å²) >= 11 is 13.0. The smallest absolute Gasteiger partial charge is 0.338 e. The molecule has 0 bridgehead atoms. The van der Waals surface area contributed by atoms with Gasteiger partial charge < -0.3 is 20.1 Å². The SMILES string of the molecule is CCOC(=O)c1ccc(NC(=O)[C@@H]2N[C@@H](C=C(C)C)[C@@]3(C(=O)Nc4cc(Cl)ccc43)C2C2C=CC=C2Cl)c(OC)c1. The van der Waals surface area contributed by atoms with Gasteiger partial charge in [0.1, 0.15) is 11.2 Å². The van der Waals surface area contributed by atoms with E-state index in [1.54, 1.807) is 37.3 Å². The molecule has 2 aromatic carbocycles. The minimum atomic E-state index is -1.16. The van der Waals surface area contributed by atoms with Gasteiger partial charge in [0.2, 0.25) is 11.8 Å². The lowest BCUT2D eigenvalue weighted by atomic mass is 9.62. The number of ether oxygens (including phenoxy) is 2. The summed E-state index contributed by atoms with van der Waals surface area (Å²) in [6.45, 7) is 5.86. The summed E-state index contributed by atoms with van der Waals surface area (Å²) in [5.74, 6) is -1.80. The topological polar surface area (TPSA) is 106 Å². The number of nitrogens with one attached hydrogen (secondary N) is 3. The summed E-state index contributed by atoms with van der Waals surface area (Å²) in [4.78, 5) is 40.5. The number of hydrogen-bond acceptors (Lipinski definition) is 6. The number of carbonyl (C=O) groups excluding carboxylic acids is 3. The van der Waals surface area contributed by atoms with Crippen LogP contribution in [0.3, 0.4) is 0 Å². The number of halogens is 2. The quantitative estimate of drug-likeness (QED) is 0.285. The molecule has 3 aliphatic rings. The molecule has 5 atom stereocenters. The molecule has 1 aliphatic carbocycles. The fourth-order valence-electron chi connectivity index (χ4n) is 6.22. The number of fused-ring (bicyclic) bond motifs is 2. The Morgan fingerprint density at radius 1 is 1.15 bits per heavy atom. The normalized spacial score (nSPS) is 25.9. The summed E-state index contributed by atoms with van der Waals surface area (Å²) in [7, 11) is 1.45. The van der Waals surface area contributed by atoms with Crippen LogP contribution in [0, 0.1) is 11.8 Å². The van der Waals surface area contributed by atoms with Gasteiger partial charge in [0.25, 0.3) is 0 Å². The van der Waals surface area contributed by atoms with Crippen molar-refractivity contribution in [3.05, 3.63) is 87.5 Å². The first-order chi connectivity index (χ1) is 19.6. The first kappa shape index (κ1) is 28.9. The van der Waals surface area contributed by atoms with Gasteiger partial charge in [-0.3, -0.25) is 14.9 Å². The van der Waals surface area contributed by atoms with E-state index < -0.39 is 35.3 Å². The second-order valence-electron chi connectivity index (χ2n) is 10.5. The Kier molecular flexibility index (Phi) is 8.01. The molecule has 0 radical (unpaired) electrons. The highest BCUT2D eigenvalue weighted by molar-refractivity contribution is 6.31. The Bertz CT molecular complexity index is 1510. The lowest BCUT2D eigenvalue weighted by Gasteiger charge is -2.37. The van der Waals surface area contributed by atoms with Crippen LogP contribution in [0.15, 0.2) is 71.3 Å². The van der Waals surface area contributed by atoms with Crippen molar-refractivity contribution < 1.29 is 23.9 Å². The van der Waals surface area contributed by atoms with Crippen LogP contribution in [0.25, 0.3) is 0 Å². The third-order valence-corrected chi connectivity index (χ3v) is 8.43. The second-order valence-corrected chi connectivity index (χ2v) is 11.4. The number of esters is 1. The molecule has 0 saturated carbocycles. The van der Waals surface area contributed by atoms with Crippen molar-refractivity contribution in [2.45, 2.75) is 38.3 Å². The van der Waals surface area contributed by atoms with Crippen LogP contribution in [0.4, 0.5) is 11.4 Å². The third-order valence-electron chi connectivity index (χ3n) is 7.82. The molecule has 2 aliphatic heterocycles. The minimum absolute atomic E-state index is 0.230. The molecule has 1 spiro atoms. The van der Waals surface area contributed by atoms with Gasteiger partial charge in [0, 0.05) is 33.6 Å². The molecule has 2 unspecified atom stereocenters. The van der Waals surface area contributed by atoms with E-state index in [0.717, 1.165) is 11.1 Å². The molecule has 3 N–H and O–H groups in total. The van der Waals surface area contributed by atoms with Crippen LogP contribution >= 0.6 is 23.2 Å². The monoisotopic (exact) mass is 595 g/mol. The maximum Gasteiger partial charge on any atom is 0.338 e. The Labute approximate surface area is 248 Å². The molecule has 2 aromatic rings. The number of benzene rings is 2. The van der Waals surface area contributed by atoms with E-state index in [-0.39, 0.29) is 18.4 Å². The fraction of sp³-hybridized carbons (Fsp3) is 0.323. The number of allylic oxidation sites excluding steroid dienone is 5. The summed E-state index contributed by atoms with van der Waals surface area (Å²) < 4.78 is 10.6. The van der Waals surface area contributed by atoms with Crippen LogP contribution in [0.5, 0.6) is 5.75 Å². The van der Waals surface area contributed by atoms with Crippen LogP contribution in [-0.2, 0) is 19.7 Å². The number of hydrogen-bond donors (Lipinski definition) is 3. The maximum atomic E-state index is 14.1. The first-order valence-corrected chi connectivity index (χ1v) is 14.1. The third kappa shape index (κ3) is 4.94. The Balaban J connectivity index is 1.60. The van der Waals surface area contributed by atoms with Crippen molar-refractivity contribution in [1.29, 1.82) is 0 Å². The van der Waals surface area contributed by atoms with Gasteiger partial charge in [0.15, 0.2) is 0 Å². The van der Waals surface area contributed by atoms with E-state index in [9.17, 15) is 14.4 Å². The van der Waals surface area contributed by atoms with Gasteiger partial charge >= 0.3 is 5.97 Å². The van der Waals surface area contributed by atoms with Gasteiger partial charge in [-0.05, 0) is 62.7 Å². The zero-order valence-electron chi connectivity index (χ0n) is 23.1. The molecule has 8 nitrogen and oxygen atoms in total. The first-order valence-electron chi connectivity index (χ1n) is 13.3. The summed E-state index contributed by atoms with van der Waals surface area (Å²) in [6, 6.07) is 8.64. The van der Waals surface area contributed by atoms with E-state index in [2.05, 4.69) is 16.0 Å². The molecule has 0 aromatic heterocycles. The number of anilines is 2. The molecule has 41 heavy (non-hydrogen) atoms. The van der Waals surface area contributed by atoms with Crippen molar-refractivity contribution >= 4 is 52.4 Å². The standard InChI is InChI=1S/C31H31Cl2N3O5/c1-5-41-29(38)17-9-12-22(24(14-17)40-4)34-28(37)27-26(19-7-6-8-21(19)33)31(25(36-27)13-16(2)3)20-11-10-18(32)15-23(20)35-30(31)39/h6-15,19,25-27,36H,5H2,1-4H3,(H,34,37)(H,35,39)/t19?,25-,26?,27+,31+/m0/s1. The molecule has 1 fully saturated rings. The van der Waals surface area contributed by atoms with E-state index in [1.165, 1.54) is 13.2 Å². The molecule has 1 saturated heterocycles. The lowest BCUT2D eigenvalue weighted by Crippen LogP contribution is -2.50. The largest absolute Gasteiger partial charge is 0.495 e. The lowest BCUT2D eigenvalue weighted by molar-refractivity contribution is -0.123. The van der Waals surface area contributed by atoms with Gasteiger partial charge in [-0.2, -0.15) is 0 Å². The Hall–Kier alpha value is -3.59. The Morgan fingerprint density at radius 2 is 1.93 bits per heavy atom. The van der Waals surface area contributed by atoms with Crippen molar-refractivity contribution in [2.24, 2.45) is 11.8 Å². The zero-order chi connectivity index (χ0) is 29.5. The summed E-state index contributed by atoms with van der Waals surface area (Å²) in [6.07, 6.45) is 7.54. The highest BCUT2D eigenvalue weighted by Gasteiger charge is 2.66. The fourth-order valence-corrected chi connectivity index (χ4v) is 6.67.